The maximum Gasteiger partial charge on any atom is 2.00 e. The third kappa shape index (κ3) is 72.0. The third-order valence-electron chi connectivity index (χ3n) is 0.200. The Bertz CT molecular complexity index is 319. The molecule has 0 unspecified atom stereocenters. The average Bonchev–Trinajstić information content (AvgIpc) is 1.42. The van der Waals surface area contributed by atoms with Crippen LogP contribution in [0.3, 0.4) is 0 Å². The van der Waals surface area contributed by atoms with Crippen LogP contribution < -0.4 is 19.6 Å². The number of hydrogen-bond acceptors (Lipinski definition) is 11. The maximum atomic E-state index is 9.32. The summed E-state index contributed by atoms with van der Waals surface area (Å²) in [4.78, 5) is 37.3. The third-order valence-corrected chi connectivity index (χ3v) is 1.80. The minimum Gasteiger partial charge on any atom is -0.790 e. The Morgan fingerprint density at radius 1 is 0.765 bits per heavy atom. The summed E-state index contributed by atoms with van der Waals surface area (Å²) in [5.41, 5.74) is 0. The van der Waals surface area contributed by atoms with Gasteiger partial charge in [0.05, 0.1) is 15.6 Å². The first-order valence-corrected chi connectivity index (χ1v) is 6.38. The molecule has 0 aliphatic heterocycles. The van der Waals surface area contributed by atoms with Crippen LogP contribution in [0.15, 0.2) is 0 Å². The molecule has 0 aliphatic rings. The van der Waals surface area contributed by atoms with E-state index in [-0.39, 0.29) is 58.4 Å². The van der Waals surface area contributed by atoms with Gasteiger partial charge in [-0.1, -0.05) is 0 Å². The molecule has 17 heavy (non-hydrogen) atoms. The molecule has 0 saturated heterocycles. The van der Waals surface area contributed by atoms with Crippen molar-refractivity contribution in [1.29, 1.82) is 0 Å². The molecule has 0 aliphatic carbocycles. The van der Waals surface area contributed by atoms with Crippen molar-refractivity contribution >= 4 is 26.0 Å². The molecular formula is O11P2SZn3. The molecule has 0 fully saturated rings. The number of hydrogen-bond donors (Lipinski definition) is 0. The van der Waals surface area contributed by atoms with E-state index < -0.39 is 26.0 Å². The van der Waals surface area contributed by atoms with Crippen LogP contribution in [0.5, 0.6) is 0 Å². The fourth-order valence-electron chi connectivity index (χ4n) is 0.122. The summed E-state index contributed by atoms with van der Waals surface area (Å²) in [6.07, 6.45) is 0. The van der Waals surface area contributed by atoms with E-state index >= 15 is 0 Å². The van der Waals surface area contributed by atoms with Crippen molar-refractivity contribution in [3.05, 3.63) is 0 Å². The van der Waals surface area contributed by atoms with Gasteiger partial charge in [0.1, 0.15) is 0 Å². The SMILES string of the molecule is O=P([O-])([O-])OP(=O)([O-])[O-].O=S(=O)([O-])[O-].[Zn+2].[Zn+2].[Zn+2]. The van der Waals surface area contributed by atoms with Gasteiger partial charge in [-0.25, -0.2) is 0 Å². The summed E-state index contributed by atoms with van der Waals surface area (Å²) in [5, 5.41) is 0. The fourth-order valence-corrected chi connectivity index (χ4v) is 1.10. The van der Waals surface area contributed by atoms with E-state index in [0.29, 0.717) is 0 Å². The van der Waals surface area contributed by atoms with Crippen molar-refractivity contribution in [2.45, 2.75) is 0 Å². The van der Waals surface area contributed by atoms with Gasteiger partial charge in [-0.15, -0.1) is 0 Å². The number of rotatable bonds is 2. The molecule has 0 amide bonds. The van der Waals surface area contributed by atoms with E-state index in [0.717, 1.165) is 0 Å². The summed E-state index contributed by atoms with van der Waals surface area (Å²) in [7, 11) is -16.5. The largest absolute Gasteiger partial charge is 2.00 e. The van der Waals surface area contributed by atoms with Gasteiger partial charge in [-0.2, -0.15) is 0 Å². The summed E-state index contributed by atoms with van der Waals surface area (Å²) in [5.74, 6) is 0. The molecule has 0 spiro atoms. The molecule has 0 rings (SSSR count). The molecule has 0 aromatic carbocycles. The van der Waals surface area contributed by atoms with Gasteiger partial charge in [0.2, 0.25) is 0 Å². The zero-order valence-electron chi connectivity index (χ0n) is 7.91. The van der Waals surface area contributed by atoms with Crippen molar-refractivity contribution in [3.63, 3.8) is 0 Å². The molecule has 0 heterocycles. The molecule has 0 bridgehead atoms. The monoisotopic (exact) mass is 462 g/mol. The molecule has 0 N–H and O–H groups in total. The van der Waals surface area contributed by atoms with Crippen LogP contribution in [0.2, 0.25) is 0 Å². The van der Waals surface area contributed by atoms with Crippen LogP contribution >= 0.6 is 15.6 Å². The van der Waals surface area contributed by atoms with Crippen molar-refractivity contribution in [2.75, 3.05) is 0 Å². The van der Waals surface area contributed by atoms with Crippen LogP contribution in [0.4, 0.5) is 0 Å². The van der Waals surface area contributed by atoms with Gasteiger partial charge < -0.3 is 42.1 Å². The van der Waals surface area contributed by atoms with Crippen LogP contribution in [0.25, 0.3) is 0 Å². The zero-order valence-corrected chi connectivity index (χ0v) is 19.4. The van der Waals surface area contributed by atoms with Gasteiger partial charge in [0.25, 0.3) is 0 Å². The molecule has 0 saturated carbocycles. The molecule has 0 atom stereocenters. The second-order valence-corrected chi connectivity index (χ2v) is 4.64. The van der Waals surface area contributed by atoms with E-state index in [4.69, 9.17) is 17.5 Å². The minimum absolute atomic E-state index is 0. The van der Waals surface area contributed by atoms with Gasteiger partial charge in [0.15, 0.2) is 0 Å². The van der Waals surface area contributed by atoms with Crippen molar-refractivity contribution in [3.8, 4) is 0 Å². The van der Waals surface area contributed by atoms with Crippen molar-refractivity contribution < 1.29 is 109 Å². The fraction of sp³-hybridized carbons (Fsp3) is 0. The normalized spacial score (nSPS) is 10.7. The molecule has 11 nitrogen and oxygen atoms in total. The summed E-state index contributed by atoms with van der Waals surface area (Å²) < 4.78 is 55.2. The van der Waals surface area contributed by atoms with Crippen LogP contribution in [0.1, 0.15) is 0 Å². The van der Waals surface area contributed by atoms with Crippen LogP contribution in [-0.4, -0.2) is 17.5 Å². The van der Waals surface area contributed by atoms with Gasteiger partial charge in [-0.05, 0) is 0 Å². The Hall–Kier alpha value is 2.00. The summed E-state index contributed by atoms with van der Waals surface area (Å²) in [6, 6.07) is 0. The molecule has 88 valence electrons. The molecule has 0 aromatic rings. The van der Waals surface area contributed by atoms with Gasteiger partial charge in [-0.3, -0.25) is 8.42 Å². The second kappa shape index (κ2) is 11.8. The molecule has 17 heteroatoms. The Balaban J connectivity index is -0.0000000533. The Morgan fingerprint density at radius 3 is 0.882 bits per heavy atom. The first-order valence-electron chi connectivity index (χ1n) is 2.13. The molecule has 0 radical (unpaired) electrons. The van der Waals surface area contributed by atoms with E-state index in [1.54, 1.807) is 0 Å². The van der Waals surface area contributed by atoms with E-state index in [1.807, 2.05) is 0 Å². The Morgan fingerprint density at radius 2 is 0.882 bits per heavy atom. The molecular weight excluding hydrogens is 466 g/mol. The first-order chi connectivity index (χ1) is 5.71. The van der Waals surface area contributed by atoms with Crippen LogP contribution in [0, 0.1) is 0 Å². The van der Waals surface area contributed by atoms with Gasteiger partial charge >= 0.3 is 58.4 Å². The second-order valence-electron chi connectivity index (χ2n) is 1.38. The van der Waals surface area contributed by atoms with E-state index in [1.165, 1.54) is 0 Å². The maximum absolute atomic E-state index is 9.32. The van der Waals surface area contributed by atoms with E-state index in [9.17, 15) is 28.7 Å². The Labute approximate surface area is 134 Å². The predicted molar refractivity (Wildman–Crippen MR) is 26.8 cm³/mol. The van der Waals surface area contributed by atoms with Crippen molar-refractivity contribution in [1.82, 2.24) is 0 Å². The quantitative estimate of drug-likeness (QED) is 0.163. The standard InChI is InChI=1S/H4O7P2.H2O4S.3Zn/c1-8(2,3)7-9(4,5)6;1-5(2,3)4;;;/h(H2,1,2,3)(H2,4,5,6);(H2,1,2,3,4);;;/q;;3*+2/p-6. The molecule has 0 aromatic heterocycles. The van der Waals surface area contributed by atoms with E-state index in [2.05, 4.69) is 4.31 Å². The minimum atomic E-state index is -5.68. The van der Waals surface area contributed by atoms with Crippen LogP contribution in [-0.2, 0) is 82.3 Å². The Kier molecular flexibility index (Phi) is 21.8. The first kappa shape index (κ1) is 31.4. The smallest absolute Gasteiger partial charge is 0.790 e. The zero-order chi connectivity index (χ0) is 12.2. The predicted octanol–water partition coefficient (Wildman–Crippen LogP) is -4.69. The average molecular weight is 466 g/mol. The van der Waals surface area contributed by atoms with Gasteiger partial charge in [0, 0.05) is 10.4 Å². The summed E-state index contributed by atoms with van der Waals surface area (Å²) in [6.45, 7) is 0. The topological polar surface area (TPSA) is 216 Å². The van der Waals surface area contributed by atoms with Crippen molar-refractivity contribution in [2.24, 2.45) is 0 Å². The summed E-state index contributed by atoms with van der Waals surface area (Å²) >= 11 is 0. The number of phosphoric acid groups is 2.